The van der Waals surface area contributed by atoms with E-state index in [-0.39, 0.29) is 12.0 Å². The van der Waals surface area contributed by atoms with Crippen molar-refractivity contribution in [2.24, 2.45) is 0 Å². The summed E-state index contributed by atoms with van der Waals surface area (Å²) in [6.45, 7) is 2.38. The van der Waals surface area contributed by atoms with Gasteiger partial charge in [0.05, 0.1) is 30.6 Å². The van der Waals surface area contributed by atoms with Gasteiger partial charge in [0.25, 0.3) is 0 Å². The number of anilines is 1. The van der Waals surface area contributed by atoms with E-state index >= 15 is 0 Å². The third kappa shape index (κ3) is 4.89. The summed E-state index contributed by atoms with van der Waals surface area (Å²) in [5.41, 5.74) is 3.14. The first kappa shape index (κ1) is 20.4. The fraction of sp³-hybridized carbons (Fsp3) is 0.333. The molecule has 31 heavy (non-hydrogen) atoms. The van der Waals surface area contributed by atoms with Crippen LogP contribution in [0.3, 0.4) is 0 Å². The average molecular weight is 481 g/mol. The van der Waals surface area contributed by atoms with Crippen molar-refractivity contribution < 1.29 is 9.53 Å². The number of benzene rings is 2. The van der Waals surface area contributed by atoms with E-state index in [1.807, 2.05) is 53.2 Å². The topological polar surface area (TPSA) is 59.4 Å². The fourth-order valence-electron chi connectivity index (χ4n) is 3.94. The number of ether oxygens (including phenoxy) is 1. The second kappa shape index (κ2) is 8.94. The van der Waals surface area contributed by atoms with Gasteiger partial charge in [0.2, 0.25) is 5.91 Å². The van der Waals surface area contributed by atoms with E-state index in [1.165, 1.54) is 12.8 Å². The lowest BCUT2D eigenvalue weighted by Crippen LogP contribution is -2.42. The molecule has 1 saturated heterocycles. The molecule has 2 aromatic carbocycles. The minimum Gasteiger partial charge on any atom is -0.371 e. The quantitative estimate of drug-likeness (QED) is 0.563. The van der Waals surface area contributed by atoms with E-state index in [0.717, 1.165) is 33.8 Å². The van der Waals surface area contributed by atoms with Crippen LogP contribution < -0.4 is 5.32 Å². The second-order valence-corrected chi connectivity index (χ2v) is 9.09. The number of nitrogens with zero attached hydrogens (tertiary/aromatic N) is 3. The number of hydrogen-bond acceptors (Lipinski definition) is 4. The van der Waals surface area contributed by atoms with Crippen LogP contribution in [0.2, 0.25) is 0 Å². The van der Waals surface area contributed by atoms with Crippen LogP contribution in [0.25, 0.3) is 5.69 Å². The zero-order chi connectivity index (χ0) is 21.2. The molecule has 5 rings (SSSR count). The van der Waals surface area contributed by atoms with Crippen LogP contribution in [-0.2, 0) is 9.53 Å². The molecular weight excluding hydrogens is 456 g/mol. The Balaban J connectivity index is 1.27. The van der Waals surface area contributed by atoms with Crippen LogP contribution in [0, 0.1) is 0 Å². The molecule has 7 heteroatoms. The Hall–Kier alpha value is -2.48. The molecular formula is C24H25BrN4O2. The zero-order valence-electron chi connectivity index (χ0n) is 17.2. The predicted octanol–water partition coefficient (Wildman–Crippen LogP) is 4.52. The van der Waals surface area contributed by atoms with Gasteiger partial charge >= 0.3 is 0 Å². The number of halogens is 1. The van der Waals surface area contributed by atoms with Crippen LogP contribution in [-0.4, -0.2) is 46.8 Å². The monoisotopic (exact) mass is 480 g/mol. The Labute approximate surface area is 190 Å². The summed E-state index contributed by atoms with van der Waals surface area (Å²) in [5.74, 6) is 1.22. The Bertz CT molecular complexity index is 1050. The van der Waals surface area contributed by atoms with Gasteiger partial charge in [-0.25, -0.2) is 4.68 Å². The number of amides is 1. The molecule has 2 fully saturated rings. The molecule has 0 radical (unpaired) electrons. The largest absolute Gasteiger partial charge is 0.371 e. The van der Waals surface area contributed by atoms with Crippen molar-refractivity contribution in [1.82, 2.24) is 14.7 Å². The number of carbonyl (C=O) groups excluding carboxylic acids is 1. The van der Waals surface area contributed by atoms with Crippen LogP contribution in [0.5, 0.6) is 0 Å². The van der Waals surface area contributed by atoms with Crippen molar-refractivity contribution in [2.75, 3.05) is 31.6 Å². The number of rotatable bonds is 6. The molecule has 1 atom stereocenters. The molecule has 6 nitrogen and oxygen atoms in total. The van der Waals surface area contributed by atoms with E-state index in [9.17, 15) is 4.79 Å². The van der Waals surface area contributed by atoms with E-state index < -0.39 is 0 Å². The van der Waals surface area contributed by atoms with E-state index in [1.54, 1.807) is 0 Å². The molecule has 1 N–H and O–H groups in total. The standard InChI is InChI=1S/C24H25BrN4O2/c25-19-10-8-18(9-11-19)22-15-28(12-13-31-22)16-24(30)26-23-14-21(17-6-7-17)27-29(23)20-4-2-1-3-5-20/h1-5,8-11,14,17,22H,6-7,12-13,15-16H2,(H,26,30). The predicted molar refractivity (Wildman–Crippen MR) is 123 cm³/mol. The Kier molecular flexibility index (Phi) is 5.89. The van der Waals surface area contributed by atoms with Gasteiger partial charge in [-0.15, -0.1) is 0 Å². The van der Waals surface area contributed by atoms with Gasteiger partial charge in [0, 0.05) is 29.5 Å². The van der Waals surface area contributed by atoms with Crippen molar-refractivity contribution in [1.29, 1.82) is 0 Å². The molecule has 1 aromatic heterocycles. The third-order valence-electron chi connectivity index (χ3n) is 5.75. The Morgan fingerprint density at radius 1 is 1.13 bits per heavy atom. The lowest BCUT2D eigenvalue weighted by Gasteiger charge is -2.32. The van der Waals surface area contributed by atoms with E-state index in [0.29, 0.717) is 25.6 Å². The van der Waals surface area contributed by atoms with Gasteiger partial charge in [-0.2, -0.15) is 5.10 Å². The minimum atomic E-state index is -0.0316. The summed E-state index contributed by atoms with van der Waals surface area (Å²) >= 11 is 3.47. The summed E-state index contributed by atoms with van der Waals surface area (Å²) in [5, 5.41) is 7.86. The molecule has 0 spiro atoms. The normalized spacial score (nSPS) is 19.3. The lowest BCUT2D eigenvalue weighted by atomic mass is 10.1. The maximum atomic E-state index is 12.9. The number of carbonyl (C=O) groups is 1. The molecule has 3 aromatic rings. The van der Waals surface area contributed by atoms with Crippen LogP contribution >= 0.6 is 15.9 Å². The Morgan fingerprint density at radius 2 is 1.90 bits per heavy atom. The van der Waals surface area contributed by atoms with Gasteiger partial charge in [0.1, 0.15) is 5.82 Å². The minimum absolute atomic E-state index is 0.0223. The second-order valence-electron chi connectivity index (χ2n) is 8.17. The van der Waals surface area contributed by atoms with Crippen molar-refractivity contribution >= 4 is 27.7 Å². The smallest absolute Gasteiger partial charge is 0.239 e. The average Bonchev–Trinajstić information content (AvgIpc) is 3.56. The highest BCUT2D eigenvalue weighted by atomic mass is 79.9. The SMILES string of the molecule is O=C(CN1CCOC(c2ccc(Br)cc2)C1)Nc1cc(C2CC2)nn1-c1ccccc1. The first-order valence-corrected chi connectivity index (χ1v) is 11.5. The van der Waals surface area contributed by atoms with Crippen LogP contribution in [0.1, 0.15) is 36.1 Å². The summed E-state index contributed by atoms with van der Waals surface area (Å²) in [6, 6.07) is 20.1. The zero-order valence-corrected chi connectivity index (χ0v) is 18.8. The fourth-order valence-corrected chi connectivity index (χ4v) is 4.21. The molecule has 2 aliphatic rings. The van der Waals surface area contributed by atoms with Crippen molar-refractivity contribution in [2.45, 2.75) is 24.9 Å². The molecule has 1 aliphatic carbocycles. The van der Waals surface area contributed by atoms with Gasteiger partial charge in [-0.05, 0) is 42.7 Å². The number of nitrogens with one attached hydrogen (secondary N) is 1. The third-order valence-corrected chi connectivity index (χ3v) is 6.28. The molecule has 1 aliphatic heterocycles. The maximum Gasteiger partial charge on any atom is 0.239 e. The first-order chi connectivity index (χ1) is 15.2. The van der Waals surface area contributed by atoms with Crippen molar-refractivity contribution in [3.05, 3.63) is 76.4 Å². The number of hydrogen-bond donors (Lipinski definition) is 1. The number of aromatic nitrogens is 2. The van der Waals surface area contributed by atoms with Gasteiger partial charge in [-0.3, -0.25) is 9.69 Å². The maximum absolute atomic E-state index is 12.9. The summed E-state index contributed by atoms with van der Waals surface area (Å²) in [7, 11) is 0. The van der Waals surface area contributed by atoms with E-state index in [4.69, 9.17) is 9.84 Å². The van der Waals surface area contributed by atoms with Crippen molar-refractivity contribution in [3.8, 4) is 5.69 Å². The van der Waals surface area contributed by atoms with Crippen LogP contribution in [0.4, 0.5) is 5.82 Å². The molecule has 2 heterocycles. The summed E-state index contributed by atoms with van der Waals surface area (Å²) < 4.78 is 8.83. The summed E-state index contributed by atoms with van der Waals surface area (Å²) in [4.78, 5) is 15.1. The van der Waals surface area contributed by atoms with Gasteiger partial charge in [-0.1, -0.05) is 46.3 Å². The highest BCUT2D eigenvalue weighted by Gasteiger charge is 2.28. The molecule has 160 valence electrons. The molecule has 1 saturated carbocycles. The van der Waals surface area contributed by atoms with Gasteiger partial charge < -0.3 is 10.1 Å². The lowest BCUT2D eigenvalue weighted by molar-refractivity contribution is -0.119. The molecule has 0 bridgehead atoms. The highest BCUT2D eigenvalue weighted by Crippen LogP contribution is 2.40. The van der Waals surface area contributed by atoms with Crippen molar-refractivity contribution in [3.63, 3.8) is 0 Å². The Morgan fingerprint density at radius 3 is 2.65 bits per heavy atom. The molecule has 1 unspecified atom stereocenters. The first-order valence-electron chi connectivity index (χ1n) is 10.7. The number of morpholine rings is 1. The van der Waals surface area contributed by atoms with Crippen LogP contribution in [0.15, 0.2) is 65.1 Å². The highest BCUT2D eigenvalue weighted by molar-refractivity contribution is 9.10. The summed E-state index contributed by atoms with van der Waals surface area (Å²) in [6.07, 6.45) is 2.32. The van der Waals surface area contributed by atoms with Gasteiger partial charge in [0.15, 0.2) is 0 Å². The number of para-hydroxylation sites is 1. The van der Waals surface area contributed by atoms with E-state index in [2.05, 4.69) is 38.3 Å². The molecule has 1 amide bonds.